The van der Waals surface area contributed by atoms with Crippen molar-refractivity contribution in [2.75, 3.05) is 26.0 Å². The van der Waals surface area contributed by atoms with Crippen molar-refractivity contribution in [1.82, 2.24) is 10.2 Å². The molecule has 2 amide bonds. The zero-order valence-electron chi connectivity index (χ0n) is 9.86. The summed E-state index contributed by atoms with van der Waals surface area (Å²) in [6.07, 6.45) is 0. The molecule has 5 heteroatoms. The highest BCUT2D eigenvalue weighted by Crippen LogP contribution is 2.29. The van der Waals surface area contributed by atoms with Crippen molar-refractivity contribution in [2.24, 2.45) is 0 Å². The molecule has 0 aliphatic carbocycles. The van der Waals surface area contributed by atoms with Crippen molar-refractivity contribution in [2.45, 2.75) is 6.04 Å². The number of fused-ring (bicyclic) bond motifs is 1. The summed E-state index contributed by atoms with van der Waals surface area (Å²) in [4.78, 5) is 24.7. The summed E-state index contributed by atoms with van der Waals surface area (Å²) in [5, 5.41) is 5.74. The fourth-order valence-corrected chi connectivity index (χ4v) is 1.76. The van der Waals surface area contributed by atoms with Crippen molar-refractivity contribution >= 4 is 17.5 Å². The fourth-order valence-electron chi connectivity index (χ4n) is 1.76. The minimum atomic E-state index is -0.435. The van der Waals surface area contributed by atoms with Crippen LogP contribution in [0.1, 0.15) is 11.6 Å². The molecule has 1 aromatic carbocycles. The normalized spacial score (nSPS) is 17.5. The van der Waals surface area contributed by atoms with Crippen LogP contribution < -0.4 is 10.6 Å². The van der Waals surface area contributed by atoms with Crippen molar-refractivity contribution < 1.29 is 9.59 Å². The first-order valence-electron chi connectivity index (χ1n) is 5.43. The van der Waals surface area contributed by atoms with Gasteiger partial charge in [-0.2, -0.15) is 0 Å². The second-order valence-electron chi connectivity index (χ2n) is 4.18. The molecule has 0 saturated heterocycles. The molecule has 1 aliphatic rings. The Morgan fingerprint density at radius 1 is 1.41 bits per heavy atom. The number of carbonyl (C=O) groups is 2. The van der Waals surface area contributed by atoms with Crippen molar-refractivity contribution in [3.63, 3.8) is 0 Å². The molecule has 0 radical (unpaired) electrons. The lowest BCUT2D eigenvalue weighted by molar-refractivity contribution is -0.128. The maximum atomic E-state index is 11.7. The number of hydrogen-bond donors (Lipinski definition) is 2. The molecule has 2 N–H and O–H groups in total. The molecule has 1 heterocycles. The predicted molar refractivity (Wildman–Crippen MR) is 64.5 cm³/mol. The maximum Gasteiger partial charge on any atom is 0.246 e. The van der Waals surface area contributed by atoms with Crippen LogP contribution in [0.3, 0.4) is 0 Å². The highest BCUT2D eigenvalue weighted by Gasteiger charge is 2.29. The molecule has 0 saturated carbocycles. The summed E-state index contributed by atoms with van der Waals surface area (Å²) < 4.78 is 0. The number of nitrogens with zero attached hydrogens (tertiary/aromatic N) is 1. The van der Waals surface area contributed by atoms with Crippen LogP contribution in [0.4, 0.5) is 5.69 Å². The van der Waals surface area contributed by atoms with E-state index in [2.05, 4.69) is 10.6 Å². The Bertz CT molecular complexity index is 457. The van der Waals surface area contributed by atoms with Crippen molar-refractivity contribution in [1.29, 1.82) is 0 Å². The van der Waals surface area contributed by atoms with Gasteiger partial charge in [0.15, 0.2) is 0 Å². The second-order valence-corrected chi connectivity index (χ2v) is 4.18. The van der Waals surface area contributed by atoms with Gasteiger partial charge in [0, 0.05) is 25.3 Å². The van der Waals surface area contributed by atoms with Gasteiger partial charge in [0.2, 0.25) is 11.8 Å². The first-order chi connectivity index (χ1) is 8.09. The topological polar surface area (TPSA) is 61.4 Å². The number of anilines is 1. The van der Waals surface area contributed by atoms with Gasteiger partial charge in [-0.05, 0) is 6.07 Å². The summed E-state index contributed by atoms with van der Waals surface area (Å²) >= 11 is 0. The molecule has 0 fully saturated rings. The third kappa shape index (κ3) is 2.29. The second kappa shape index (κ2) is 4.55. The standard InChI is InChI=1S/C12H15N3O2/c1-15(2)10(16)7-13-11-8-5-3-4-6-9(8)14-12(11)17/h3-6,11,13H,7H2,1-2H3,(H,14,17). The van der Waals surface area contributed by atoms with Crippen LogP contribution in [0.25, 0.3) is 0 Å². The number of nitrogens with one attached hydrogen (secondary N) is 2. The van der Waals surface area contributed by atoms with E-state index in [1.54, 1.807) is 14.1 Å². The van der Waals surface area contributed by atoms with Gasteiger partial charge in [0.1, 0.15) is 6.04 Å². The minimum absolute atomic E-state index is 0.0535. The summed E-state index contributed by atoms with van der Waals surface area (Å²) in [6, 6.07) is 7.04. The average molecular weight is 233 g/mol. The van der Waals surface area contributed by atoms with E-state index >= 15 is 0 Å². The summed E-state index contributed by atoms with van der Waals surface area (Å²) in [5.41, 5.74) is 1.70. The molecular weight excluding hydrogens is 218 g/mol. The van der Waals surface area contributed by atoms with Crippen LogP contribution in [0, 0.1) is 0 Å². The lowest BCUT2D eigenvalue weighted by atomic mass is 10.1. The first kappa shape index (κ1) is 11.6. The Hall–Kier alpha value is -1.88. The molecular formula is C12H15N3O2. The molecule has 1 aliphatic heterocycles. The summed E-state index contributed by atoms with van der Waals surface area (Å²) in [7, 11) is 3.37. The molecule has 17 heavy (non-hydrogen) atoms. The number of rotatable bonds is 3. The molecule has 90 valence electrons. The number of amides is 2. The summed E-state index contributed by atoms with van der Waals surface area (Å²) in [6.45, 7) is 0.152. The highest BCUT2D eigenvalue weighted by atomic mass is 16.2. The zero-order valence-corrected chi connectivity index (χ0v) is 9.86. The number of hydrogen-bond acceptors (Lipinski definition) is 3. The maximum absolute atomic E-state index is 11.7. The minimum Gasteiger partial charge on any atom is -0.348 e. The molecule has 2 rings (SSSR count). The van der Waals surface area contributed by atoms with Gasteiger partial charge >= 0.3 is 0 Å². The SMILES string of the molecule is CN(C)C(=O)CNC1C(=O)Nc2ccccc21. The first-order valence-corrected chi connectivity index (χ1v) is 5.43. The summed E-state index contributed by atoms with van der Waals surface area (Å²) in [5.74, 6) is -0.167. The van der Waals surface area contributed by atoms with Gasteiger partial charge in [-0.15, -0.1) is 0 Å². The molecule has 1 aromatic rings. The van der Waals surface area contributed by atoms with Crippen LogP contribution in [0.5, 0.6) is 0 Å². The Kier molecular flexibility index (Phi) is 3.10. The van der Waals surface area contributed by atoms with Crippen LogP contribution in [-0.4, -0.2) is 37.4 Å². The van der Waals surface area contributed by atoms with Gasteiger partial charge < -0.3 is 10.2 Å². The van der Waals surface area contributed by atoms with Gasteiger partial charge in [0.25, 0.3) is 0 Å². The third-order valence-electron chi connectivity index (χ3n) is 2.75. The van der Waals surface area contributed by atoms with Gasteiger partial charge in [-0.25, -0.2) is 0 Å². The van der Waals surface area contributed by atoms with E-state index in [-0.39, 0.29) is 18.4 Å². The average Bonchev–Trinajstić information content (AvgIpc) is 2.61. The third-order valence-corrected chi connectivity index (χ3v) is 2.75. The molecule has 5 nitrogen and oxygen atoms in total. The molecule has 0 bridgehead atoms. The molecule has 0 spiro atoms. The number of benzene rings is 1. The van der Waals surface area contributed by atoms with E-state index in [0.717, 1.165) is 11.3 Å². The predicted octanol–water partition coefficient (Wildman–Crippen LogP) is 0.358. The lowest BCUT2D eigenvalue weighted by Crippen LogP contribution is -2.37. The van der Waals surface area contributed by atoms with E-state index in [4.69, 9.17) is 0 Å². The van der Waals surface area contributed by atoms with Gasteiger partial charge in [0.05, 0.1) is 6.54 Å². The largest absolute Gasteiger partial charge is 0.348 e. The van der Waals surface area contributed by atoms with Gasteiger partial charge in [-0.1, -0.05) is 18.2 Å². The molecule has 1 unspecified atom stereocenters. The van der Waals surface area contributed by atoms with E-state index in [9.17, 15) is 9.59 Å². The Morgan fingerprint density at radius 3 is 2.82 bits per heavy atom. The van der Waals surface area contributed by atoms with Crippen molar-refractivity contribution in [3.8, 4) is 0 Å². The van der Waals surface area contributed by atoms with E-state index in [0.29, 0.717) is 0 Å². The van der Waals surface area contributed by atoms with Crippen molar-refractivity contribution in [3.05, 3.63) is 29.8 Å². The molecule has 1 atom stereocenters. The van der Waals surface area contributed by atoms with E-state index in [1.165, 1.54) is 4.90 Å². The van der Waals surface area contributed by atoms with E-state index < -0.39 is 6.04 Å². The molecule has 0 aromatic heterocycles. The zero-order chi connectivity index (χ0) is 12.4. The number of carbonyl (C=O) groups excluding carboxylic acids is 2. The van der Waals surface area contributed by atoms with Crippen LogP contribution in [0.2, 0.25) is 0 Å². The lowest BCUT2D eigenvalue weighted by Gasteiger charge is -2.14. The fraction of sp³-hybridized carbons (Fsp3) is 0.333. The van der Waals surface area contributed by atoms with Crippen LogP contribution >= 0.6 is 0 Å². The van der Waals surface area contributed by atoms with Crippen LogP contribution in [0.15, 0.2) is 24.3 Å². The van der Waals surface area contributed by atoms with E-state index in [1.807, 2.05) is 24.3 Å². The number of para-hydroxylation sites is 1. The number of likely N-dealkylation sites (N-methyl/N-ethyl adjacent to an activating group) is 1. The quantitative estimate of drug-likeness (QED) is 0.792. The highest BCUT2D eigenvalue weighted by molar-refractivity contribution is 6.02. The van der Waals surface area contributed by atoms with Gasteiger partial charge in [-0.3, -0.25) is 14.9 Å². The Morgan fingerprint density at radius 2 is 2.12 bits per heavy atom. The smallest absolute Gasteiger partial charge is 0.246 e. The Balaban J connectivity index is 2.07. The van der Waals surface area contributed by atoms with Crippen LogP contribution in [-0.2, 0) is 9.59 Å². The Labute approximate surface area is 99.8 Å². The monoisotopic (exact) mass is 233 g/mol.